The second-order valence-electron chi connectivity index (χ2n) is 4.97. The smallest absolute Gasteiger partial charge is 0.237 e. The zero-order valence-corrected chi connectivity index (χ0v) is 11.0. The molecule has 2 heterocycles. The average molecular weight is 255 g/mol. The lowest BCUT2D eigenvalue weighted by Gasteiger charge is -1.88. The molecule has 4 rings (SSSR count). The summed E-state index contributed by atoms with van der Waals surface area (Å²) in [5, 5.41) is 0. The molecule has 3 heteroatoms. The van der Waals surface area contributed by atoms with Crippen molar-refractivity contribution < 1.29 is 4.42 Å². The Labute approximate surface area is 109 Å². The minimum Gasteiger partial charge on any atom is -0.435 e. The van der Waals surface area contributed by atoms with Gasteiger partial charge < -0.3 is 4.42 Å². The van der Waals surface area contributed by atoms with Gasteiger partial charge in [-0.05, 0) is 55.5 Å². The molecule has 1 saturated carbocycles. The first-order valence-electron chi connectivity index (χ1n) is 6.27. The molecule has 0 N–H and O–H groups in total. The molecule has 0 unspecified atom stereocenters. The van der Waals surface area contributed by atoms with E-state index < -0.39 is 0 Å². The van der Waals surface area contributed by atoms with Gasteiger partial charge in [0.05, 0.1) is 4.88 Å². The molecule has 0 bridgehead atoms. The molecule has 0 atom stereocenters. The number of nitrogens with zero attached hydrogens (tertiary/aromatic N) is 1. The summed E-state index contributed by atoms with van der Waals surface area (Å²) in [6, 6.07) is 10.5. The third kappa shape index (κ3) is 1.66. The van der Waals surface area contributed by atoms with Gasteiger partial charge in [-0.1, -0.05) is 6.07 Å². The average Bonchev–Trinajstić information content (AvgIpc) is 2.95. The number of aryl methyl sites for hydroxylation is 1. The minimum absolute atomic E-state index is 0.757. The van der Waals surface area contributed by atoms with Crippen LogP contribution in [-0.4, -0.2) is 4.98 Å². The van der Waals surface area contributed by atoms with Crippen molar-refractivity contribution in [2.75, 3.05) is 0 Å². The second-order valence-corrected chi connectivity index (χ2v) is 6.08. The number of benzene rings is 1. The summed E-state index contributed by atoms with van der Waals surface area (Å²) >= 11 is 1.82. The molecule has 2 aromatic heterocycles. The lowest BCUT2D eigenvalue weighted by atomic mass is 10.2. The highest BCUT2D eigenvalue weighted by atomic mass is 32.1. The van der Waals surface area contributed by atoms with E-state index in [0.717, 1.165) is 27.8 Å². The van der Waals surface area contributed by atoms with Crippen molar-refractivity contribution in [3.8, 4) is 10.8 Å². The van der Waals surface area contributed by atoms with Crippen LogP contribution in [0.15, 0.2) is 34.7 Å². The first kappa shape index (κ1) is 10.3. The Kier molecular flexibility index (Phi) is 2.12. The van der Waals surface area contributed by atoms with Gasteiger partial charge in [0.15, 0.2) is 5.58 Å². The Hall–Kier alpha value is -1.61. The van der Waals surface area contributed by atoms with Crippen molar-refractivity contribution in [1.82, 2.24) is 4.98 Å². The lowest BCUT2D eigenvalue weighted by Crippen LogP contribution is -1.71. The van der Waals surface area contributed by atoms with Crippen molar-refractivity contribution in [2.24, 2.45) is 0 Å². The van der Waals surface area contributed by atoms with Crippen molar-refractivity contribution in [3.63, 3.8) is 0 Å². The Morgan fingerprint density at radius 3 is 2.94 bits per heavy atom. The van der Waals surface area contributed by atoms with Gasteiger partial charge >= 0.3 is 0 Å². The quantitative estimate of drug-likeness (QED) is 0.661. The van der Waals surface area contributed by atoms with Crippen LogP contribution < -0.4 is 0 Å². The van der Waals surface area contributed by atoms with Crippen LogP contribution in [0.2, 0.25) is 0 Å². The summed E-state index contributed by atoms with van der Waals surface area (Å²) in [5.41, 5.74) is 3.03. The number of thiophene rings is 1. The summed E-state index contributed by atoms with van der Waals surface area (Å²) in [5.74, 6) is 1.56. The number of aromatic nitrogens is 1. The molecule has 0 radical (unpaired) electrons. The predicted octanol–water partition coefficient (Wildman–Crippen LogP) is 4.74. The second kappa shape index (κ2) is 3.69. The molecule has 0 saturated heterocycles. The summed E-state index contributed by atoms with van der Waals surface area (Å²) in [6.45, 7) is 2.07. The summed E-state index contributed by atoms with van der Waals surface area (Å²) in [4.78, 5) is 7.18. The molecule has 3 aromatic rings. The Morgan fingerprint density at radius 2 is 2.11 bits per heavy atom. The fourth-order valence-corrected chi connectivity index (χ4v) is 3.30. The molecule has 90 valence electrons. The van der Waals surface area contributed by atoms with Crippen LogP contribution in [0.5, 0.6) is 0 Å². The summed E-state index contributed by atoms with van der Waals surface area (Å²) in [6.07, 6.45) is 2.68. The number of oxazole rings is 1. The van der Waals surface area contributed by atoms with Gasteiger partial charge in [0.1, 0.15) is 5.52 Å². The van der Waals surface area contributed by atoms with Crippen molar-refractivity contribution >= 4 is 22.4 Å². The number of hydrogen-bond donors (Lipinski definition) is 0. The number of rotatable bonds is 2. The molecule has 1 aromatic carbocycles. The molecule has 0 aliphatic heterocycles. The van der Waals surface area contributed by atoms with Gasteiger partial charge in [0.25, 0.3) is 0 Å². The molecule has 0 amide bonds. The molecule has 1 aliphatic carbocycles. The fraction of sp³-hybridized carbons (Fsp3) is 0.267. The molecule has 1 fully saturated rings. The zero-order valence-electron chi connectivity index (χ0n) is 10.1. The van der Waals surface area contributed by atoms with Gasteiger partial charge in [-0.15, -0.1) is 11.3 Å². The first-order valence-corrected chi connectivity index (χ1v) is 7.08. The standard InChI is InChI=1S/C15H13NOS/c1-9-2-5-11-12(8-9)17-15(16-11)14-7-6-13(18-14)10-3-4-10/h2,5-8,10H,3-4H2,1H3. The largest absolute Gasteiger partial charge is 0.435 e. The van der Waals surface area contributed by atoms with Crippen LogP contribution in [0.25, 0.3) is 21.9 Å². The van der Waals surface area contributed by atoms with Crippen molar-refractivity contribution in [1.29, 1.82) is 0 Å². The lowest BCUT2D eigenvalue weighted by molar-refractivity contribution is 0.621. The van der Waals surface area contributed by atoms with Gasteiger partial charge in [-0.25, -0.2) is 4.98 Å². The van der Waals surface area contributed by atoms with Gasteiger partial charge in [-0.2, -0.15) is 0 Å². The van der Waals surface area contributed by atoms with Crippen LogP contribution in [-0.2, 0) is 0 Å². The van der Waals surface area contributed by atoms with E-state index in [9.17, 15) is 0 Å². The van der Waals surface area contributed by atoms with Crippen molar-refractivity contribution in [3.05, 3.63) is 40.8 Å². The van der Waals surface area contributed by atoms with Crippen LogP contribution in [0.4, 0.5) is 0 Å². The molecule has 1 aliphatic rings. The first-order chi connectivity index (χ1) is 8.79. The maximum absolute atomic E-state index is 5.85. The summed E-state index contributed by atoms with van der Waals surface area (Å²) < 4.78 is 5.85. The van der Waals surface area contributed by atoms with E-state index in [1.54, 1.807) is 0 Å². The van der Waals surface area contributed by atoms with Crippen LogP contribution in [0.3, 0.4) is 0 Å². The SMILES string of the molecule is Cc1ccc2nc(-c3ccc(C4CC4)s3)oc2c1. The Morgan fingerprint density at radius 1 is 1.22 bits per heavy atom. The van der Waals surface area contributed by atoms with E-state index in [1.165, 1.54) is 23.3 Å². The summed E-state index contributed by atoms with van der Waals surface area (Å²) in [7, 11) is 0. The normalized spacial score (nSPS) is 15.4. The molecule has 2 nitrogen and oxygen atoms in total. The van der Waals surface area contributed by atoms with Crippen LogP contribution >= 0.6 is 11.3 Å². The molecular weight excluding hydrogens is 242 g/mol. The highest BCUT2D eigenvalue weighted by Gasteiger charge is 2.25. The molecule has 18 heavy (non-hydrogen) atoms. The van der Waals surface area contributed by atoms with E-state index in [0.29, 0.717) is 0 Å². The maximum Gasteiger partial charge on any atom is 0.237 e. The third-order valence-corrected chi connectivity index (χ3v) is 4.60. The highest BCUT2D eigenvalue weighted by Crippen LogP contribution is 2.45. The third-order valence-electron chi connectivity index (χ3n) is 3.36. The number of fused-ring (bicyclic) bond motifs is 1. The molecule has 0 spiro atoms. The van der Waals surface area contributed by atoms with E-state index in [4.69, 9.17) is 4.42 Å². The highest BCUT2D eigenvalue weighted by molar-refractivity contribution is 7.15. The van der Waals surface area contributed by atoms with E-state index in [-0.39, 0.29) is 0 Å². The minimum atomic E-state index is 0.757. The van der Waals surface area contributed by atoms with Gasteiger partial charge in [0, 0.05) is 4.88 Å². The Balaban J connectivity index is 1.80. The van der Waals surface area contributed by atoms with Gasteiger partial charge in [0.2, 0.25) is 5.89 Å². The fourth-order valence-electron chi connectivity index (χ4n) is 2.19. The number of hydrogen-bond acceptors (Lipinski definition) is 3. The van der Waals surface area contributed by atoms with E-state index in [2.05, 4.69) is 30.1 Å². The topological polar surface area (TPSA) is 26.0 Å². The van der Waals surface area contributed by atoms with Crippen LogP contribution in [0.1, 0.15) is 29.2 Å². The molecular formula is C15H13NOS. The van der Waals surface area contributed by atoms with E-state index >= 15 is 0 Å². The predicted molar refractivity (Wildman–Crippen MR) is 74.0 cm³/mol. The van der Waals surface area contributed by atoms with Crippen LogP contribution in [0, 0.1) is 6.92 Å². The maximum atomic E-state index is 5.85. The van der Waals surface area contributed by atoms with Crippen molar-refractivity contribution in [2.45, 2.75) is 25.7 Å². The zero-order chi connectivity index (χ0) is 12.1. The monoisotopic (exact) mass is 255 g/mol. The van der Waals surface area contributed by atoms with E-state index in [1.807, 2.05) is 23.5 Å². The Bertz CT molecular complexity index is 721. The van der Waals surface area contributed by atoms with Gasteiger partial charge in [-0.3, -0.25) is 0 Å².